The first-order valence-electron chi connectivity index (χ1n) is 9.08. The van der Waals surface area contributed by atoms with Crippen LogP contribution in [0.15, 0.2) is 29.3 Å². The lowest BCUT2D eigenvalue weighted by Crippen LogP contribution is -2.38. The Morgan fingerprint density at radius 1 is 1.08 bits per heavy atom. The standard InChI is InChI=1S/C19H30N4O.HI/c1-3-22(4-2)18(24)17-11-9-16(10-12-17)15-21-19(20)23-13-7-5-6-8-14-23;/h9-12H,3-8,13-15H2,1-2H3,(H2,20,21);1H. The van der Waals surface area contributed by atoms with Crippen LogP contribution < -0.4 is 5.73 Å². The second kappa shape index (κ2) is 11.3. The summed E-state index contributed by atoms with van der Waals surface area (Å²) in [6.07, 6.45) is 4.95. The topological polar surface area (TPSA) is 61.9 Å². The fourth-order valence-corrected chi connectivity index (χ4v) is 3.02. The molecule has 0 bridgehead atoms. The van der Waals surface area contributed by atoms with Crippen molar-refractivity contribution >= 4 is 35.8 Å². The molecule has 1 aliphatic rings. The highest BCUT2D eigenvalue weighted by molar-refractivity contribution is 14.0. The molecule has 1 aliphatic heterocycles. The molecule has 1 aromatic rings. The van der Waals surface area contributed by atoms with Crippen molar-refractivity contribution in [1.29, 1.82) is 0 Å². The molecule has 1 saturated heterocycles. The third-order valence-electron chi connectivity index (χ3n) is 4.61. The molecule has 2 N–H and O–H groups in total. The Labute approximate surface area is 168 Å². The largest absolute Gasteiger partial charge is 0.370 e. The predicted molar refractivity (Wildman–Crippen MR) is 114 cm³/mol. The second-order valence-electron chi connectivity index (χ2n) is 6.25. The summed E-state index contributed by atoms with van der Waals surface area (Å²) in [6, 6.07) is 7.70. The number of carbonyl (C=O) groups excluding carboxylic acids is 1. The molecule has 0 saturated carbocycles. The highest BCUT2D eigenvalue weighted by Crippen LogP contribution is 2.11. The van der Waals surface area contributed by atoms with Gasteiger partial charge in [-0.2, -0.15) is 0 Å². The third-order valence-corrected chi connectivity index (χ3v) is 4.61. The summed E-state index contributed by atoms with van der Waals surface area (Å²) >= 11 is 0. The van der Waals surface area contributed by atoms with Crippen molar-refractivity contribution in [2.24, 2.45) is 10.7 Å². The number of hydrogen-bond donors (Lipinski definition) is 1. The number of nitrogens with zero attached hydrogens (tertiary/aromatic N) is 3. The summed E-state index contributed by atoms with van der Waals surface area (Å²) in [5.74, 6) is 0.722. The zero-order valence-electron chi connectivity index (χ0n) is 15.4. The maximum Gasteiger partial charge on any atom is 0.253 e. The average molecular weight is 458 g/mol. The second-order valence-corrected chi connectivity index (χ2v) is 6.25. The van der Waals surface area contributed by atoms with E-state index in [1.54, 1.807) is 0 Å². The lowest BCUT2D eigenvalue weighted by atomic mass is 10.1. The first-order valence-corrected chi connectivity index (χ1v) is 9.08. The van der Waals surface area contributed by atoms with Gasteiger partial charge in [0.05, 0.1) is 6.54 Å². The molecule has 25 heavy (non-hydrogen) atoms. The van der Waals surface area contributed by atoms with Crippen LogP contribution in [0.2, 0.25) is 0 Å². The van der Waals surface area contributed by atoms with E-state index < -0.39 is 0 Å². The molecule has 1 fully saturated rings. The van der Waals surface area contributed by atoms with Gasteiger partial charge >= 0.3 is 0 Å². The van der Waals surface area contributed by atoms with E-state index in [2.05, 4.69) is 9.89 Å². The molecule has 1 amide bonds. The molecule has 0 aliphatic carbocycles. The van der Waals surface area contributed by atoms with Crippen LogP contribution in [0.4, 0.5) is 0 Å². The first-order chi connectivity index (χ1) is 11.7. The lowest BCUT2D eigenvalue weighted by molar-refractivity contribution is 0.0773. The van der Waals surface area contributed by atoms with E-state index >= 15 is 0 Å². The average Bonchev–Trinajstić information content (AvgIpc) is 2.90. The predicted octanol–water partition coefficient (Wildman–Crippen LogP) is 3.48. The fraction of sp³-hybridized carbons (Fsp3) is 0.579. The van der Waals surface area contributed by atoms with Crippen molar-refractivity contribution in [3.8, 4) is 0 Å². The van der Waals surface area contributed by atoms with Crippen LogP contribution in [0.25, 0.3) is 0 Å². The quantitative estimate of drug-likeness (QED) is 0.418. The van der Waals surface area contributed by atoms with Crippen molar-refractivity contribution < 1.29 is 4.79 Å². The number of hydrogen-bond acceptors (Lipinski definition) is 2. The highest BCUT2D eigenvalue weighted by Gasteiger charge is 2.12. The van der Waals surface area contributed by atoms with Gasteiger partial charge in [-0.05, 0) is 44.4 Å². The Kier molecular flexibility index (Phi) is 9.85. The van der Waals surface area contributed by atoms with E-state index in [4.69, 9.17) is 5.73 Å². The van der Waals surface area contributed by atoms with Gasteiger partial charge in [0.25, 0.3) is 5.91 Å². The molecule has 6 heteroatoms. The van der Waals surface area contributed by atoms with Crippen molar-refractivity contribution in [1.82, 2.24) is 9.80 Å². The minimum Gasteiger partial charge on any atom is -0.370 e. The van der Waals surface area contributed by atoms with E-state index in [0.29, 0.717) is 12.5 Å². The van der Waals surface area contributed by atoms with Crippen LogP contribution in [0, 0.1) is 0 Å². The first kappa shape index (κ1) is 21.7. The molecule has 140 valence electrons. The van der Waals surface area contributed by atoms with Gasteiger partial charge in [0.15, 0.2) is 5.96 Å². The zero-order chi connectivity index (χ0) is 17.4. The lowest BCUT2D eigenvalue weighted by Gasteiger charge is -2.21. The molecule has 0 unspecified atom stereocenters. The van der Waals surface area contributed by atoms with Crippen molar-refractivity contribution in [3.63, 3.8) is 0 Å². The fourth-order valence-electron chi connectivity index (χ4n) is 3.02. The van der Waals surface area contributed by atoms with Gasteiger partial charge < -0.3 is 15.5 Å². The number of amides is 1. The van der Waals surface area contributed by atoms with E-state index in [1.165, 1.54) is 25.7 Å². The minimum absolute atomic E-state index is 0. The Bertz CT molecular complexity index is 547. The van der Waals surface area contributed by atoms with Crippen LogP contribution in [-0.4, -0.2) is 47.8 Å². The number of halogens is 1. The van der Waals surface area contributed by atoms with Crippen molar-refractivity contribution in [2.75, 3.05) is 26.2 Å². The van der Waals surface area contributed by atoms with E-state index in [-0.39, 0.29) is 29.9 Å². The molecule has 5 nitrogen and oxygen atoms in total. The maximum atomic E-state index is 12.3. The number of nitrogens with two attached hydrogens (primary N) is 1. The van der Waals surface area contributed by atoms with E-state index in [0.717, 1.165) is 37.3 Å². The SMILES string of the molecule is CCN(CC)C(=O)c1ccc(CN=C(N)N2CCCCCC2)cc1.I. The highest BCUT2D eigenvalue weighted by atomic mass is 127. The molecule has 0 spiro atoms. The minimum atomic E-state index is 0. The molecule has 0 aromatic heterocycles. The van der Waals surface area contributed by atoms with Crippen LogP contribution in [0.5, 0.6) is 0 Å². The molecule has 1 aromatic carbocycles. The van der Waals surface area contributed by atoms with Gasteiger partial charge in [-0.1, -0.05) is 25.0 Å². The number of benzene rings is 1. The monoisotopic (exact) mass is 458 g/mol. The van der Waals surface area contributed by atoms with Crippen molar-refractivity contribution in [3.05, 3.63) is 35.4 Å². The van der Waals surface area contributed by atoms with Crippen LogP contribution in [0.3, 0.4) is 0 Å². The molecular formula is C19H31IN4O. The Morgan fingerprint density at radius 2 is 1.64 bits per heavy atom. The maximum absolute atomic E-state index is 12.3. The number of carbonyl (C=O) groups is 1. The summed E-state index contributed by atoms with van der Waals surface area (Å²) in [7, 11) is 0. The van der Waals surface area contributed by atoms with Crippen LogP contribution in [-0.2, 0) is 6.54 Å². The summed E-state index contributed by atoms with van der Waals surface area (Å²) in [6.45, 7) is 8.02. The Balaban J connectivity index is 0.00000312. The third kappa shape index (κ3) is 6.49. The summed E-state index contributed by atoms with van der Waals surface area (Å²) in [5, 5.41) is 0. The number of guanidine groups is 1. The van der Waals surface area contributed by atoms with Crippen LogP contribution >= 0.6 is 24.0 Å². The summed E-state index contributed by atoms with van der Waals surface area (Å²) in [5.41, 5.74) is 7.94. The van der Waals surface area contributed by atoms with Gasteiger partial charge in [0.2, 0.25) is 0 Å². The van der Waals surface area contributed by atoms with Gasteiger partial charge in [-0.15, -0.1) is 24.0 Å². The van der Waals surface area contributed by atoms with Gasteiger partial charge in [0.1, 0.15) is 0 Å². The summed E-state index contributed by atoms with van der Waals surface area (Å²) in [4.78, 5) is 20.8. The van der Waals surface area contributed by atoms with Crippen molar-refractivity contribution in [2.45, 2.75) is 46.1 Å². The molecule has 2 rings (SSSR count). The molecular weight excluding hydrogens is 427 g/mol. The van der Waals surface area contributed by atoms with E-state index in [9.17, 15) is 4.79 Å². The number of aliphatic imine (C=N–C) groups is 1. The molecule has 1 heterocycles. The zero-order valence-corrected chi connectivity index (χ0v) is 17.7. The number of likely N-dealkylation sites (tertiary alicyclic amines) is 1. The van der Waals surface area contributed by atoms with Crippen LogP contribution in [0.1, 0.15) is 55.5 Å². The Morgan fingerprint density at radius 3 is 2.16 bits per heavy atom. The normalized spacial score (nSPS) is 15.3. The van der Waals surface area contributed by atoms with Gasteiger partial charge in [-0.25, -0.2) is 4.99 Å². The summed E-state index contributed by atoms with van der Waals surface area (Å²) < 4.78 is 0. The molecule has 0 radical (unpaired) electrons. The number of rotatable bonds is 5. The van der Waals surface area contributed by atoms with E-state index in [1.807, 2.05) is 43.0 Å². The smallest absolute Gasteiger partial charge is 0.253 e. The van der Waals surface area contributed by atoms with Gasteiger partial charge in [0, 0.05) is 31.7 Å². The van der Waals surface area contributed by atoms with Gasteiger partial charge in [-0.3, -0.25) is 4.79 Å². The Hall–Kier alpha value is -1.31. The molecule has 0 atom stereocenters.